The van der Waals surface area contributed by atoms with Crippen molar-refractivity contribution in [2.75, 3.05) is 40.8 Å². The van der Waals surface area contributed by atoms with Gasteiger partial charge in [-0.3, -0.25) is 4.99 Å². The molecule has 0 aliphatic carbocycles. The van der Waals surface area contributed by atoms with E-state index in [4.69, 9.17) is 0 Å². The molecule has 0 aromatic carbocycles. The zero-order valence-corrected chi connectivity index (χ0v) is 14.8. The van der Waals surface area contributed by atoms with E-state index in [0.717, 1.165) is 32.0 Å². The molecular weight excluding hydrogens is 339 g/mol. The molecule has 0 saturated heterocycles. The number of unbranched alkanes of at least 4 members (excludes halogenated alkanes) is 3. The Hall–Kier alpha value is -0.0400. The maximum Gasteiger partial charge on any atom is 0.190 e. The number of nitrogens with one attached hydrogen (secondary N) is 2. The van der Waals surface area contributed by atoms with Crippen LogP contribution < -0.4 is 10.6 Å². The van der Waals surface area contributed by atoms with E-state index in [-0.39, 0.29) is 24.0 Å². The van der Waals surface area contributed by atoms with Gasteiger partial charge in [-0.05, 0) is 33.5 Å². The Morgan fingerprint density at radius 3 is 2.11 bits per heavy atom. The molecule has 0 amide bonds. The summed E-state index contributed by atoms with van der Waals surface area (Å²) in [6.07, 6.45) is 6.30. The number of guanidine groups is 1. The average Bonchev–Trinajstić information content (AvgIpc) is 2.31. The molecule has 0 fully saturated rings. The lowest BCUT2D eigenvalue weighted by Gasteiger charge is -2.13. The van der Waals surface area contributed by atoms with E-state index in [1.807, 2.05) is 7.05 Å². The second kappa shape index (κ2) is 15.0. The Morgan fingerprint density at radius 1 is 1.00 bits per heavy atom. The molecular formula is C13H31IN4. The summed E-state index contributed by atoms with van der Waals surface area (Å²) in [5, 5.41) is 6.67. The zero-order valence-electron chi connectivity index (χ0n) is 12.5. The van der Waals surface area contributed by atoms with Crippen LogP contribution in [0.3, 0.4) is 0 Å². The summed E-state index contributed by atoms with van der Waals surface area (Å²) in [6.45, 7) is 5.35. The van der Waals surface area contributed by atoms with E-state index >= 15 is 0 Å². The lowest BCUT2D eigenvalue weighted by Crippen LogP contribution is -2.38. The third-order valence-corrected chi connectivity index (χ3v) is 2.62. The van der Waals surface area contributed by atoms with Crippen molar-refractivity contribution >= 4 is 29.9 Å². The van der Waals surface area contributed by atoms with Gasteiger partial charge in [0.25, 0.3) is 0 Å². The quantitative estimate of drug-likeness (QED) is 0.283. The zero-order chi connectivity index (χ0) is 12.9. The van der Waals surface area contributed by atoms with Crippen molar-refractivity contribution in [3.8, 4) is 0 Å². The summed E-state index contributed by atoms with van der Waals surface area (Å²) < 4.78 is 0. The van der Waals surface area contributed by atoms with Crippen molar-refractivity contribution in [1.82, 2.24) is 15.5 Å². The molecule has 0 aliphatic rings. The molecule has 5 heteroatoms. The van der Waals surface area contributed by atoms with Crippen LogP contribution in [0.2, 0.25) is 0 Å². The molecule has 0 bridgehead atoms. The van der Waals surface area contributed by atoms with E-state index < -0.39 is 0 Å². The summed E-state index contributed by atoms with van der Waals surface area (Å²) in [6, 6.07) is 0. The third-order valence-electron chi connectivity index (χ3n) is 2.62. The number of halogens is 1. The second-order valence-electron chi connectivity index (χ2n) is 4.64. The number of hydrogen-bond donors (Lipinski definition) is 2. The predicted octanol–water partition coefficient (Wildman–Crippen LogP) is 2.30. The Bertz CT molecular complexity index is 195. The molecule has 0 aromatic rings. The molecule has 110 valence electrons. The molecule has 0 aliphatic heterocycles. The van der Waals surface area contributed by atoms with Crippen molar-refractivity contribution < 1.29 is 0 Å². The minimum Gasteiger partial charge on any atom is -0.356 e. The molecule has 0 spiro atoms. The molecule has 4 nitrogen and oxygen atoms in total. The summed E-state index contributed by atoms with van der Waals surface area (Å²) in [5.41, 5.74) is 0. The van der Waals surface area contributed by atoms with Crippen molar-refractivity contribution in [3.63, 3.8) is 0 Å². The maximum absolute atomic E-state index is 4.20. The normalized spacial score (nSPS) is 11.3. The molecule has 0 saturated carbocycles. The van der Waals surface area contributed by atoms with Crippen molar-refractivity contribution in [3.05, 3.63) is 0 Å². The smallest absolute Gasteiger partial charge is 0.190 e. The van der Waals surface area contributed by atoms with Crippen LogP contribution in [0.1, 0.15) is 39.0 Å². The van der Waals surface area contributed by atoms with Crippen LogP contribution in [-0.4, -0.2) is 51.6 Å². The van der Waals surface area contributed by atoms with Gasteiger partial charge in [0.05, 0.1) is 0 Å². The van der Waals surface area contributed by atoms with Crippen molar-refractivity contribution in [2.45, 2.75) is 39.0 Å². The maximum atomic E-state index is 4.20. The summed E-state index contributed by atoms with van der Waals surface area (Å²) in [7, 11) is 6.02. The summed E-state index contributed by atoms with van der Waals surface area (Å²) in [4.78, 5) is 6.40. The lowest BCUT2D eigenvalue weighted by molar-refractivity contribution is 0.399. The predicted molar refractivity (Wildman–Crippen MR) is 92.1 cm³/mol. The van der Waals surface area contributed by atoms with Crippen LogP contribution in [0.4, 0.5) is 0 Å². The van der Waals surface area contributed by atoms with Crippen molar-refractivity contribution in [2.24, 2.45) is 4.99 Å². The van der Waals surface area contributed by atoms with Gasteiger partial charge in [0.2, 0.25) is 0 Å². The van der Waals surface area contributed by atoms with Gasteiger partial charge in [0, 0.05) is 20.1 Å². The highest BCUT2D eigenvalue weighted by Crippen LogP contribution is 1.96. The van der Waals surface area contributed by atoms with E-state index in [0.29, 0.717) is 0 Å². The number of hydrogen-bond acceptors (Lipinski definition) is 2. The lowest BCUT2D eigenvalue weighted by atomic mass is 10.2. The third kappa shape index (κ3) is 14.0. The summed E-state index contributed by atoms with van der Waals surface area (Å²) in [5.74, 6) is 0.931. The molecule has 0 aromatic heterocycles. The van der Waals surface area contributed by atoms with E-state index in [1.54, 1.807) is 0 Å². The molecule has 0 unspecified atom stereocenters. The van der Waals surface area contributed by atoms with Crippen molar-refractivity contribution in [1.29, 1.82) is 0 Å². The Balaban J connectivity index is 0. The van der Waals surface area contributed by atoms with Crippen LogP contribution in [0.25, 0.3) is 0 Å². The molecule has 0 atom stereocenters. The number of nitrogens with zero attached hydrogens (tertiary/aromatic N) is 2. The fraction of sp³-hybridized carbons (Fsp3) is 0.923. The van der Waals surface area contributed by atoms with E-state index in [9.17, 15) is 0 Å². The molecule has 0 heterocycles. The fourth-order valence-electron chi connectivity index (χ4n) is 1.58. The highest BCUT2D eigenvalue weighted by molar-refractivity contribution is 14.0. The first-order valence-electron chi connectivity index (χ1n) is 6.80. The van der Waals surface area contributed by atoms with Gasteiger partial charge in [-0.2, -0.15) is 0 Å². The largest absolute Gasteiger partial charge is 0.356 e. The molecule has 0 radical (unpaired) electrons. The van der Waals surface area contributed by atoms with Crippen LogP contribution in [0, 0.1) is 0 Å². The topological polar surface area (TPSA) is 39.7 Å². The monoisotopic (exact) mass is 370 g/mol. The van der Waals surface area contributed by atoms with Gasteiger partial charge >= 0.3 is 0 Å². The summed E-state index contributed by atoms with van der Waals surface area (Å²) >= 11 is 0. The van der Waals surface area contributed by atoms with Gasteiger partial charge in [-0.1, -0.05) is 26.2 Å². The number of rotatable bonds is 9. The molecule has 2 N–H and O–H groups in total. The van der Waals surface area contributed by atoms with Gasteiger partial charge in [0.15, 0.2) is 5.96 Å². The van der Waals surface area contributed by atoms with Crippen LogP contribution in [-0.2, 0) is 0 Å². The molecule has 18 heavy (non-hydrogen) atoms. The Kier molecular flexibility index (Phi) is 16.9. The van der Waals surface area contributed by atoms with Crippen LogP contribution >= 0.6 is 24.0 Å². The van der Waals surface area contributed by atoms with Gasteiger partial charge in [-0.25, -0.2) is 0 Å². The second-order valence-corrected chi connectivity index (χ2v) is 4.64. The number of aliphatic imine (C=N–C) groups is 1. The minimum atomic E-state index is 0. The first-order valence-corrected chi connectivity index (χ1v) is 6.80. The van der Waals surface area contributed by atoms with E-state index in [1.165, 1.54) is 25.7 Å². The van der Waals surface area contributed by atoms with Gasteiger partial charge < -0.3 is 15.5 Å². The average molecular weight is 370 g/mol. The minimum absolute atomic E-state index is 0. The highest BCUT2D eigenvalue weighted by atomic mass is 127. The standard InChI is InChI=1S/C13H30N4.HI/c1-5-6-7-8-10-15-13(14-2)16-11-9-12-17(3)4;/h5-12H2,1-4H3,(H2,14,15,16);1H. The first-order chi connectivity index (χ1) is 8.20. The van der Waals surface area contributed by atoms with Crippen LogP contribution in [0.15, 0.2) is 4.99 Å². The highest BCUT2D eigenvalue weighted by Gasteiger charge is 1.96. The van der Waals surface area contributed by atoms with Gasteiger partial charge in [-0.15, -0.1) is 24.0 Å². The van der Waals surface area contributed by atoms with Gasteiger partial charge in [0.1, 0.15) is 0 Å². The Morgan fingerprint density at radius 2 is 1.61 bits per heavy atom. The van der Waals surface area contributed by atoms with E-state index in [2.05, 4.69) is 41.5 Å². The first kappa shape index (κ1) is 20.3. The Labute approximate surface area is 130 Å². The fourth-order valence-corrected chi connectivity index (χ4v) is 1.58. The SMILES string of the molecule is CCCCCCNC(=NC)NCCCN(C)C.I. The molecule has 0 rings (SSSR count). The van der Waals surface area contributed by atoms with Crippen LogP contribution in [0.5, 0.6) is 0 Å².